The quantitative estimate of drug-likeness (QED) is 0.831. The smallest absolute Gasteiger partial charge is 0.145 e. The van der Waals surface area contributed by atoms with Crippen molar-refractivity contribution in [2.75, 3.05) is 0 Å². The van der Waals surface area contributed by atoms with E-state index in [9.17, 15) is 0 Å². The molecule has 1 aromatic heterocycles. The van der Waals surface area contributed by atoms with Gasteiger partial charge in [0.1, 0.15) is 5.82 Å². The molecule has 3 nitrogen and oxygen atoms in total. The summed E-state index contributed by atoms with van der Waals surface area (Å²) in [7, 11) is 0. The summed E-state index contributed by atoms with van der Waals surface area (Å²) >= 11 is 0. The summed E-state index contributed by atoms with van der Waals surface area (Å²) in [4.78, 5) is 8.67. The molecule has 1 fully saturated rings. The van der Waals surface area contributed by atoms with Crippen LogP contribution in [0.5, 0.6) is 0 Å². The van der Waals surface area contributed by atoms with E-state index >= 15 is 0 Å². The van der Waals surface area contributed by atoms with E-state index in [1.54, 1.807) is 0 Å². The highest BCUT2D eigenvalue weighted by Crippen LogP contribution is 2.34. The summed E-state index contributed by atoms with van der Waals surface area (Å²) in [5.74, 6) is 2.24. The SMILES string of the molecule is Cc1cnc(C(N)C2CCC(C)CC2)nc1. The normalized spacial score (nSPS) is 27.7. The van der Waals surface area contributed by atoms with Crippen molar-refractivity contribution in [3.63, 3.8) is 0 Å². The molecule has 0 amide bonds. The van der Waals surface area contributed by atoms with Crippen molar-refractivity contribution in [2.24, 2.45) is 17.6 Å². The molecule has 0 bridgehead atoms. The van der Waals surface area contributed by atoms with E-state index in [0.29, 0.717) is 5.92 Å². The molecule has 88 valence electrons. The monoisotopic (exact) mass is 219 g/mol. The van der Waals surface area contributed by atoms with Crippen LogP contribution in [-0.2, 0) is 0 Å². The van der Waals surface area contributed by atoms with Gasteiger partial charge in [-0.25, -0.2) is 9.97 Å². The molecule has 16 heavy (non-hydrogen) atoms. The van der Waals surface area contributed by atoms with E-state index in [4.69, 9.17) is 5.73 Å². The van der Waals surface area contributed by atoms with Gasteiger partial charge in [0.25, 0.3) is 0 Å². The fourth-order valence-corrected chi connectivity index (χ4v) is 2.43. The molecular formula is C13H21N3. The maximum atomic E-state index is 6.24. The van der Waals surface area contributed by atoms with Gasteiger partial charge in [-0.1, -0.05) is 19.8 Å². The number of hydrogen-bond donors (Lipinski definition) is 1. The molecule has 1 atom stereocenters. The summed E-state index contributed by atoms with van der Waals surface area (Å²) < 4.78 is 0. The van der Waals surface area contributed by atoms with Crippen molar-refractivity contribution >= 4 is 0 Å². The van der Waals surface area contributed by atoms with E-state index in [1.807, 2.05) is 19.3 Å². The lowest BCUT2D eigenvalue weighted by Gasteiger charge is -2.29. The van der Waals surface area contributed by atoms with Gasteiger partial charge in [-0.3, -0.25) is 0 Å². The number of nitrogens with zero attached hydrogens (tertiary/aromatic N) is 2. The van der Waals surface area contributed by atoms with Crippen molar-refractivity contribution in [1.82, 2.24) is 9.97 Å². The summed E-state index contributed by atoms with van der Waals surface area (Å²) in [6.07, 6.45) is 8.74. The molecule has 0 radical (unpaired) electrons. The largest absolute Gasteiger partial charge is 0.321 e. The van der Waals surface area contributed by atoms with E-state index < -0.39 is 0 Å². The molecule has 0 saturated heterocycles. The third kappa shape index (κ3) is 2.59. The lowest BCUT2D eigenvalue weighted by molar-refractivity contribution is 0.251. The standard InChI is InChI=1S/C13H21N3/c1-9-3-5-11(6-4-9)12(14)13-15-7-10(2)8-16-13/h7-9,11-12H,3-6,14H2,1-2H3. The van der Waals surface area contributed by atoms with E-state index in [-0.39, 0.29) is 6.04 Å². The summed E-state index contributed by atoms with van der Waals surface area (Å²) in [6, 6.07) is 0.0214. The zero-order chi connectivity index (χ0) is 11.5. The number of nitrogens with two attached hydrogens (primary N) is 1. The molecule has 0 aromatic carbocycles. The Balaban J connectivity index is 2.01. The Morgan fingerprint density at radius 1 is 1.19 bits per heavy atom. The van der Waals surface area contributed by atoms with Crippen LogP contribution in [-0.4, -0.2) is 9.97 Å². The third-order valence-electron chi connectivity index (χ3n) is 3.67. The van der Waals surface area contributed by atoms with Crippen molar-refractivity contribution in [3.8, 4) is 0 Å². The van der Waals surface area contributed by atoms with Crippen LogP contribution in [0.15, 0.2) is 12.4 Å². The van der Waals surface area contributed by atoms with Crippen LogP contribution in [0.2, 0.25) is 0 Å². The summed E-state index contributed by atoms with van der Waals surface area (Å²) in [6.45, 7) is 4.32. The fourth-order valence-electron chi connectivity index (χ4n) is 2.43. The van der Waals surface area contributed by atoms with E-state index in [1.165, 1.54) is 25.7 Å². The van der Waals surface area contributed by atoms with Crippen LogP contribution < -0.4 is 5.73 Å². The number of hydrogen-bond acceptors (Lipinski definition) is 3. The predicted octanol–water partition coefficient (Wildman–Crippen LogP) is 2.61. The zero-order valence-electron chi connectivity index (χ0n) is 10.2. The van der Waals surface area contributed by atoms with Crippen LogP contribution in [0.3, 0.4) is 0 Å². The summed E-state index contributed by atoms with van der Waals surface area (Å²) in [5, 5.41) is 0. The van der Waals surface area contributed by atoms with Crippen LogP contribution in [0.1, 0.15) is 50.0 Å². The Morgan fingerprint density at radius 2 is 1.75 bits per heavy atom. The second kappa shape index (κ2) is 4.91. The first-order valence-corrected chi connectivity index (χ1v) is 6.21. The molecule has 1 saturated carbocycles. The minimum absolute atomic E-state index is 0.0214. The number of rotatable bonds is 2. The fraction of sp³-hybridized carbons (Fsp3) is 0.692. The molecule has 2 N–H and O–H groups in total. The molecule has 2 rings (SSSR count). The lowest BCUT2D eigenvalue weighted by atomic mass is 9.79. The first kappa shape index (κ1) is 11.5. The van der Waals surface area contributed by atoms with Crippen LogP contribution in [0.25, 0.3) is 0 Å². The lowest BCUT2D eigenvalue weighted by Crippen LogP contribution is -2.27. The molecule has 0 spiro atoms. The Kier molecular flexibility index (Phi) is 3.54. The topological polar surface area (TPSA) is 51.8 Å². The molecule has 1 aliphatic rings. The van der Waals surface area contributed by atoms with Crippen LogP contribution in [0, 0.1) is 18.8 Å². The van der Waals surface area contributed by atoms with Gasteiger partial charge in [0.15, 0.2) is 0 Å². The van der Waals surface area contributed by atoms with Gasteiger partial charge in [0, 0.05) is 12.4 Å². The van der Waals surface area contributed by atoms with Crippen molar-refractivity contribution in [1.29, 1.82) is 0 Å². The maximum absolute atomic E-state index is 6.24. The predicted molar refractivity (Wildman–Crippen MR) is 64.8 cm³/mol. The van der Waals surface area contributed by atoms with Crippen LogP contribution in [0.4, 0.5) is 0 Å². The van der Waals surface area contributed by atoms with Crippen molar-refractivity contribution < 1.29 is 0 Å². The highest BCUT2D eigenvalue weighted by molar-refractivity contribution is 5.05. The first-order chi connectivity index (χ1) is 7.66. The minimum atomic E-state index is 0.0214. The molecule has 3 heteroatoms. The molecule has 1 aliphatic carbocycles. The molecule has 1 heterocycles. The van der Waals surface area contributed by atoms with Gasteiger partial charge in [0.2, 0.25) is 0 Å². The average Bonchev–Trinajstić information content (AvgIpc) is 2.30. The van der Waals surface area contributed by atoms with Gasteiger partial charge in [-0.05, 0) is 37.2 Å². The van der Waals surface area contributed by atoms with Crippen molar-refractivity contribution in [3.05, 3.63) is 23.8 Å². The van der Waals surface area contributed by atoms with Gasteiger partial charge in [-0.15, -0.1) is 0 Å². The van der Waals surface area contributed by atoms with Gasteiger partial charge in [0.05, 0.1) is 6.04 Å². The van der Waals surface area contributed by atoms with Gasteiger partial charge < -0.3 is 5.73 Å². The van der Waals surface area contributed by atoms with Crippen LogP contribution >= 0.6 is 0 Å². The van der Waals surface area contributed by atoms with Gasteiger partial charge >= 0.3 is 0 Å². The molecule has 1 aromatic rings. The molecular weight excluding hydrogens is 198 g/mol. The molecule has 0 aliphatic heterocycles. The average molecular weight is 219 g/mol. The Hall–Kier alpha value is -0.960. The Morgan fingerprint density at radius 3 is 2.31 bits per heavy atom. The Bertz CT molecular complexity index is 326. The van der Waals surface area contributed by atoms with E-state index in [2.05, 4.69) is 16.9 Å². The van der Waals surface area contributed by atoms with Gasteiger partial charge in [-0.2, -0.15) is 0 Å². The zero-order valence-corrected chi connectivity index (χ0v) is 10.2. The Labute approximate surface area is 97.5 Å². The summed E-state index contributed by atoms with van der Waals surface area (Å²) in [5.41, 5.74) is 7.33. The highest BCUT2D eigenvalue weighted by atomic mass is 14.9. The maximum Gasteiger partial charge on any atom is 0.145 e. The number of aryl methyl sites for hydroxylation is 1. The third-order valence-corrected chi connectivity index (χ3v) is 3.67. The minimum Gasteiger partial charge on any atom is -0.321 e. The molecule has 1 unspecified atom stereocenters. The second-order valence-corrected chi connectivity index (χ2v) is 5.16. The number of aromatic nitrogens is 2. The van der Waals surface area contributed by atoms with E-state index in [0.717, 1.165) is 17.3 Å². The van der Waals surface area contributed by atoms with Crippen molar-refractivity contribution in [2.45, 2.75) is 45.6 Å². The first-order valence-electron chi connectivity index (χ1n) is 6.21. The second-order valence-electron chi connectivity index (χ2n) is 5.16. The highest BCUT2D eigenvalue weighted by Gasteiger charge is 2.25.